The Morgan fingerprint density at radius 1 is 1.27 bits per heavy atom. The molecule has 0 fully saturated rings. The van der Waals surface area contributed by atoms with E-state index in [4.69, 9.17) is 4.42 Å². The molecule has 0 aliphatic carbocycles. The second kappa shape index (κ2) is 6.60. The SMILES string of the molecule is CC(C)(C)CCNC(=O)Cn1nc(-c2ccccc2)oc1=O. The minimum atomic E-state index is -0.634. The summed E-state index contributed by atoms with van der Waals surface area (Å²) in [7, 11) is 0. The highest BCUT2D eigenvalue weighted by molar-refractivity contribution is 5.75. The number of hydrogen-bond donors (Lipinski definition) is 1. The Morgan fingerprint density at radius 3 is 2.59 bits per heavy atom. The average Bonchev–Trinajstić information content (AvgIpc) is 2.80. The zero-order chi connectivity index (χ0) is 16.2. The van der Waals surface area contributed by atoms with Gasteiger partial charge in [0.05, 0.1) is 0 Å². The van der Waals surface area contributed by atoms with Crippen LogP contribution in [0.25, 0.3) is 11.5 Å². The first-order chi connectivity index (χ1) is 10.3. The maximum Gasteiger partial charge on any atom is 0.437 e. The highest BCUT2D eigenvalue weighted by Gasteiger charge is 2.14. The Labute approximate surface area is 129 Å². The molecule has 0 aliphatic rings. The molecule has 0 spiro atoms. The smallest absolute Gasteiger partial charge is 0.388 e. The van der Waals surface area contributed by atoms with E-state index in [1.807, 2.05) is 18.2 Å². The average molecular weight is 303 g/mol. The second-order valence-electron chi connectivity index (χ2n) is 6.36. The predicted molar refractivity (Wildman–Crippen MR) is 83.3 cm³/mol. The van der Waals surface area contributed by atoms with Gasteiger partial charge >= 0.3 is 5.76 Å². The van der Waals surface area contributed by atoms with Gasteiger partial charge in [-0.2, -0.15) is 4.68 Å². The Kier molecular flexibility index (Phi) is 4.80. The summed E-state index contributed by atoms with van der Waals surface area (Å²) in [5.41, 5.74) is 0.852. The molecule has 1 aromatic carbocycles. The molecule has 0 atom stereocenters. The van der Waals surface area contributed by atoms with E-state index in [1.165, 1.54) is 0 Å². The van der Waals surface area contributed by atoms with Crippen molar-refractivity contribution in [3.8, 4) is 11.5 Å². The van der Waals surface area contributed by atoms with Gasteiger partial charge in [0.25, 0.3) is 0 Å². The predicted octanol–water partition coefficient (Wildman–Crippen LogP) is 2.06. The van der Waals surface area contributed by atoms with Crippen molar-refractivity contribution in [2.45, 2.75) is 33.7 Å². The van der Waals surface area contributed by atoms with Gasteiger partial charge in [-0.25, -0.2) is 4.79 Å². The van der Waals surface area contributed by atoms with Gasteiger partial charge in [-0.1, -0.05) is 39.0 Å². The van der Waals surface area contributed by atoms with Crippen LogP contribution in [0.1, 0.15) is 27.2 Å². The van der Waals surface area contributed by atoms with Gasteiger partial charge in [-0.05, 0) is 24.0 Å². The number of aromatic nitrogens is 2. The zero-order valence-corrected chi connectivity index (χ0v) is 13.1. The normalized spacial score (nSPS) is 11.4. The van der Waals surface area contributed by atoms with Gasteiger partial charge in [0, 0.05) is 12.1 Å². The van der Waals surface area contributed by atoms with Crippen LogP contribution in [0.2, 0.25) is 0 Å². The molecular weight excluding hydrogens is 282 g/mol. The van der Waals surface area contributed by atoms with E-state index in [1.54, 1.807) is 12.1 Å². The van der Waals surface area contributed by atoms with Crippen LogP contribution in [0, 0.1) is 5.41 Å². The lowest BCUT2D eigenvalue weighted by molar-refractivity contribution is -0.122. The first kappa shape index (κ1) is 16.0. The molecule has 0 saturated heterocycles. The molecule has 1 heterocycles. The van der Waals surface area contributed by atoms with Crippen molar-refractivity contribution in [2.24, 2.45) is 5.41 Å². The lowest BCUT2D eigenvalue weighted by Crippen LogP contribution is -2.33. The van der Waals surface area contributed by atoms with Crippen LogP contribution in [0.5, 0.6) is 0 Å². The Morgan fingerprint density at radius 2 is 1.95 bits per heavy atom. The third kappa shape index (κ3) is 4.58. The van der Waals surface area contributed by atoms with E-state index in [-0.39, 0.29) is 23.8 Å². The quantitative estimate of drug-likeness (QED) is 0.917. The Bertz CT molecular complexity index is 681. The van der Waals surface area contributed by atoms with E-state index in [0.29, 0.717) is 12.1 Å². The maximum atomic E-state index is 11.8. The summed E-state index contributed by atoms with van der Waals surface area (Å²) < 4.78 is 6.11. The standard InChI is InChI=1S/C16H21N3O3/c1-16(2,3)9-10-17-13(20)11-19-15(21)22-14(18-19)12-7-5-4-6-8-12/h4-8H,9-11H2,1-3H3,(H,17,20). The van der Waals surface area contributed by atoms with Gasteiger partial charge in [-0.15, -0.1) is 5.10 Å². The largest absolute Gasteiger partial charge is 0.437 e. The summed E-state index contributed by atoms with van der Waals surface area (Å²) in [6.45, 7) is 6.74. The Hall–Kier alpha value is -2.37. The molecule has 0 saturated carbocycles. The van der Waals surface area contributed by atoms with E-state index in [9.17, 15) is 9.59 Å². The highest BCUT2D eigenvalue weighted by Crippen LogP contribution is 2.17. The van der Waals surface area contributed by atoms with Crippen molar-refractivity contribution in [1.82, 2.24) is 15.1 Å². The summed E-state index contributed by atoms with van der Waals surface area (Å²) in [6.07, 6.45) is 0.863. The number of benzene rings is 1. The number of rotatable bonds is 5. The fourth-order valence-electron chi connectivity index (χ4n) is 1.87. The lowest BCUT2D eigenvalue weighted by Gasteiger charge is -2.17. The van der Waals surface area contributed by atoms with Crippen LogP contribution in [-0.2, 0) is 11.3 Å². The minimum Gasteiger partial charge on any atom is -0.388 e. The molecule has 6 nitrogen and oxygen atoms in total. The third-order valence-electron chi connectivity index (χ3n) is 3.12. The topological polar surface area (TPSA) is 77.1 Å². The first-order valence-electron chi connectivity index (χ1n) is 7.25. The number of nitrogens with zero attached hydrogens (tertiary/aromatic N) is 2. The fraction of sp³-hybridized carbons (Fsp3) is 0.438. The number of amides is 1. The van der Waals surface area contributed by atoms with Crippen LogP contribution in [0.3, 0.4) is 0 Å². The first-order valence-corrected chi connectivity index (χ1v) is 7.25. The zero-order valence-electron chi connectivity index (χ0n) is 13.1. The highest BCUT2D eigenvalue weighted by atomic mass is 16.4. The summed E-state index contributed by atoms with van der Waals surface area (Å²) >= 11 is 0. The van der Waals surface area contributed by atoms with Gasteiger partial charge in [0.1, 0.15) is 6.54 Å². The van der Waals surface area contributed by atoms with Crippen molar-refractivity contribution >= 4 is 5.91 Å². The minimum absolute atomic E-state index is 0.140. The van der Waals surface area contributed by atoms with Gasteiger partial charge in [-0.3, -0.25) is 4.79 Å². The third-order valence-corrected chi connectivity index (χ3v) is 3.12. The lowest BCUT2D eigenvalue weighted by atomic mass is 9.92. The number of hydrogen-bond acceptors (Lipinski definition) is 4. The van der Waals surface area contributed by atoms with Crippen molar-refractivity contribution in [3.63, 3.8) is 0 Å². The van der Waals surface area contributed by atoms with E-state index in [2.05, 4.69) is 31.2 Å². The molecule has 0 unspecified atom stereocenters. The number of carbonyl (C=O) groups excluding carboxylic acids is 1. The molecule has 2 aromatic rings. The molecular formula is C16H21N3O3. The molecule has 118 valence electrons. The molecule has 2 rings (SSSR count). The molecule has 22 heavy (non-hydrogen) atoms. The molecule has 0 bridgehead atoms. The molecule has 1 aromatic heterocycles. The van der Waals surface area contributed by atoms with Crippen molar-refractivity contribution in [1.29, 1.82) is 0 Å². The van der Waals surface area contributed by atoms with Gasteiger partial charge in [0.15, 0.2) is 0 Å². The molecule has 6 heteroatoms. The monoisotopic (exact) mass is 303 g/mol. The van der Waals surface area contributed by atoms with Gasteiger partial charge < -0.3 is 9.73 Å². The number of carbonyl (C=O) groups is 1. The molecule has 0 aliphatic heterocycles. The van der Waals surface area contributed by atoms with E-state index < -0.39 is 5.76 Å². The molecule has 0 radical (unpaired) electrons. The van der Waals surface area contributed by atoms with E-state index >= 15 is 0 Å². The van der Waals surface area contributed by atoms with Crippen molar-refractivity contribution in [3.05, 3.63) is 40.9 Å². The molecule has 1 N–H and O–H groups in total. The summed E-state index contributed by atoms with van der Waals surface area (Å²) in [6, 6.07) is 9.10. The van der Waals surface area contributed by atoms with Crippen molar-refractivity contribution < 1.29 is 9.21 Å². The van der Waals surface area contributed by atoms with Gasteiger partial charge in [0.2, 0.25) is 11.8 Å². The fourth-order valence-corrected chi connectivity index (χ4v) is 1.87. The van der Waals surface area contributed by atoms with Crippen LogP contribution in [0.15, 0.2) is 39.5 Å². The van der Waals surface area contributed by atoms with Crippen LogP contribution in [-0.4, -0.2) is 22.2 Å². The second-order valence-corrected chi connectivity index (χ2v) is 6.36. The Balaban J connectivity index is 1.98. The molecule has 1 amide bonds. The van der Waals surface area contributed by atoms with Crippen LogP contribution >= 0.6 is 0 Å². The van der Waals surface area contributed by atoms with Crippen LogP contribution < -0.4 is 11.1 Å². The van der Waals surface area contributed by atoms with Crippen molar-refractivity contribution in [2.75, 3.05) is 6.54 Å². The summed E-state index contributed by atoms with van der Waals surface area (Å²) in [4.78, 5) is 23.6. The summed E-state index contributed by atoms with van der Waals surface area (Å²) in [5.74, 6) is -0.669. The van der Waals surface area contributed by atoms with E-state index in [0.717, 1.165) is 11.1 Å². The summed E-state index contributed by atoms with van der Waals surface area (Å²) in [5, 5.41) is 6.84. The maximum absolute atomic E-state index is 11.8. The van der Waals surface area contributed by atoms with Crippen LogP contribution in [0.4, 0.5) is 0 Å². The number of nitrogens with one attached hydrogen (secondary N) is 1.